The van der Waals surface area contributed by atoms with Crippen LogP contribution in [0.25, 0.3) is 11.8 Å². The SMILES string of the molecule is Cc1ccc(S(=O)(=O)Oc2ccc(/C=c3\sc4n(c3=O)[C@@H](c3ccc(Br)cc3)C3=C(N=4)c4ccccc4CC3)cc2)cc1[N+](=O)[O-]. The van der Waals surface area contributed by atoms with Crippen LogP contribution in [0.5, 0.6) is 5.75 Å². The van der Waals surface area contributed by atoms with Crippen LogP contribution in [-0.2, 0) is 16.5 Å². The zero-order valence-corrected chi connectivity index (χ0v) is 27.4. The molecule has 2 aliphatic rings. The summed E-state index contributed by atoms with van der Waals surface area (Å²) in [4.78, 5) is 30.0. The first-order valence-corrected chi connectivity index (χ1v) is 17.3. The van der Waals surface area contributed by atoms with E-state index in [1.165, 1.54) is 48.1 Å². The molecule has 0 radical (unpaired) electrons. The van der Waals surface area contributed by atoms with Crippen molar-refractivity contribution >= 4 is 54.8 Å². The number of halogens is 1. The Hall–Kier alpha value is -4.65. The molecule has 1 aliphatic carbocycles. The van der Waals surface area contributed by atoms with E-state index in [4.69, 9.17) is 9.18 Å². The van der Waals surface area contributed by atoms with Gasteiger partial charge in [-0.25, -0.2) is 4.99 Å². The number of hydrogen-bond acceptors (Lipinski definition) is 8. The summed E-state index contributed by atoms with van der Waals surface area (Å²) in [5.41, 5.74) is 5.89. The molecule has 1 atom stereocenters. The fourth-order valence-corrected chi connectivity index (χ4v) is 8.07. The molecule has 7 rings (SSSR count). The Bertz CT molecular complexity index is 2380. The quantitative estimate of drug-likeness (QED) is 0.120. The first-order chi connectivity index (χ1) is 22.1. The van der Waals surface area contributed by atoms with Gasteiger partial charge in [0.25, 0.3) is 11.2 Å². The van der Waals surface area contributed by atoms with E-state index in [-0.39, 0.29) is 27.9 Å². The number of nitrogens with zero attached hydrogens (tertiary/aromatic N) is 3. The second-order valence-electron chi connectivity index (χ2n) is 11.0. The van der Waals surface area contributed by atoms with Gasteiger partial charge in [0.05, 0.1) is 21.2 Å². The van der Waals surface area contributed by atoms with Crippen molar-refractivity contribution in [3.8, 4) is 5.75 Å². The molecule has 1 aliphatic heterocycles. The number of rotatable bonds is 6. The van der Waals surface area contributed by atoms with Gasteiger partial charge >= 0.3 is 10.1 Å². The van der Waals surface area contributed by atoms with E-state index in [1.807, 2.05) is 36.4 Å². The second kappa shape index (κ2) is 11.6. The largest absolute Gasteiger partial charge is 0.379 e. The lowest BCUT2D eigenvalue weighted by Gasteiger charge is -2.30. The van der Waals surface area contributed by atoms with Crippen LogP contribution in [0, 0.1) is 17.0 Å². The van der Waals surface area contributed by atoms with E-state index in [9.17, 15) is 23.3 Å². The Labute approximate surface area is 275 Å². The normalized spacial score (nSPS) is 15.9. The van der Waals surface area contributed by atoms with Gasteiger partial charge in [-0.3, -0.25) is 19.5 Å². The number of nitro benzene ring substituents is 1. The zero-order valence-electron chi connectivity index (χ0n) is 24.2. The van der Waals surface area contributed by atoms with Crippen LogP contribution in [0.2, 0.25) is 0 Å². The lowest BCUT2D eigenvalue weighted by molar-refractivity contribution is -0.385. The van der Waals surface area contributed by atoms with E-state index in [0.29, 0.717) is 20.5 Å². The molecule has 2 heterocycles. The maximum Gasteiger partial charge on any atom is 0.339 e. The predicted molar refractivity (Wildman–Crippen MR) is 179 cm³/mol. The Balaban J connectivity index is 1.25. The summed E-state index contributed by atoms with van der Waals surface area (Å²) in [6.07, 6.45) is 3.41. The van der Waals surface area contributed by atoms with Crippen molar-refractivity contribution in [2.24, 2.45) is 4.99 Å². The molecule has 0 bridgehead atoms. The lowest BCUT2D eigenvalue weighted by atomic mass is 9.83. The lowest BCUT2D eigenvalue weighted by Crippen LogP contribution is -2.38. The summed E-state index contributed by atoms with van der Waals surface area (Å²) in [5.74, 6) is 0.0309. The third-order valence-electron chi connectivity index (χ3n) is 8.11. The number of aryl methyl sites for hydroxylation is 2. The second-order valence-corrected chi connectivity index (χ2v) is 14.4. The molecule has 0 saturated carbocycles. The minimum atomic E-state index is -4.32. The number of hydrogen-bond donors (Lipinski definition) is 0. The first kappa shape index (κ1) is 30.0. The molecule has 46 heavy (non-hydrogen) atoms. The highest BCUT2D eigenvalue weighted by molar-refractivity contribution is 9.10. The highest BCUT2D eigenvalue weighted by atomic mass is 79.9. The molecule has 4 aromatic carbocycles. The van der Waals surface area contributed by atoms with Gasteiger partial charge in [0, 0.05) is 21.7 Å². The number of nitro groups is 1. The number of aromatic nitrogens is 1. The summed E-state index contributed by atoms with van der Waals surface area (Å²) < 4.78 is 34.2. The molecule has 0 saturated heterocycles. The summed E-state index contributed by atoms with van der Waals surface area (Å²) >= 11 is 4.83. The predicted octanol–water partition coefficient (Wildman–Crippen LogP) is 6.07. The molecule has 0 unspecified atom stereocenters. The monoisotopic (exact) mass is 713 g/mol. The number of fused-ring (bicyclic) bond motifs is 3. The van der Waals surface area contributed by atoms with Gasteiger partial charge in [-0.15, -0.1) is 0 Å². The minimum Gasteiger partial charge on any atom is -0.379 e. The Kier molecular flexibility index (Phi) is 7.58. The summed E-state index contributed by atoms with van der Waals surface area (Å²) in [5, 5.41) is 11.3. The van der Waals surface area contributed by atoms with Crippen molar-refractivity contribution in [3.05, 3.63) is 159 Å². The molecule has 0 N–H and O–H groups in total. The third kappa shape index (κ3) is 5.42. The average Bonchev–Trinajstić information content (AvgIpc) is 3.35. The van der Waals surface area contributed by atoms with Gasteiger partial charge in [-0.1, -0.05) is 81.9 Å². The van der Waals surface area contributed by atoms with Crippen LogP contribution in [0.1, 0.15) is 40.3 Å². The van der Waals surface area contributed by atoms with Crippen LogP contribution in [-0.4, -0.2) is 17.9 Å². The molecule has 9 nitrogen and oxygen atoms in total. The maximum atomic E-state index is 14.0. The van der Waals surface area contributed by atoms with E-state index in [2.05, 4.69) is 28.1 Å². The van der Waals surface area contributed by atoms with Gasteiger partial charge in [0.15, 0.2) is 4.80 Å². The summed E-state index contributed by atoms with van der Waals surface area (Å²) in [7, 11) is -4.32. The maximum absolute atomic E-state index is 14.0. The fourth-order valence-electron chi connectivity index (χ4n) is 5.85. The van der Waals surface area contributed by atoms with Gasteiger partial charge in [-0.05, 0) is 78.4 Å². The van der Waals surface area contributed by atoms with Crippen LogP contribution in [0.3, 0.4) is 0 Å². The molecular weight excluding hydrogens is 690 g/mol. The van der Waals surface area contributed by atoms with E-state index < -0.39 is 15.0 Å². The van der Waals surface area contributed by atoms with Gasteiger partial charge < -0.3 is 4.18 Å². The van der Waals surface area contributed by atoms with Crippen molar-refractivity contribution in [2.75, 3.05) is 0 Å². The van der Waals surface area contributed by atoms with Gasteiger partial charge in [0.2, 0.25) is 0 Å². The topological polar surface area (TPSA) is 121 Å². The van der Waals surface area contributed by atoms with E-state index in [1.54, 1.807) is 22.8 Å². The van der Waals surface area contributed by atoms with Crippen LogP contribution in [0.15, 0.2) is 116 Å². The molecule has 12 heteroatoms. The van der Waals surface area contributed by atoms with E-state index >= 15 is 0 Å². The molecular formula is C34H24BrN3O6S2. The Morgan fingerprint density at radius 1 is 1.02 bits per heavy atom. The van der Waals surface area contributed by atoms with Crippen LogP contribution < -0.4 is 19.1 Å². The van der Waals surface area contributed by atoms with Gasteiger partial charge in [-0.2, -0.15) is 8.42 Å². The Morgan fingerprint density at radius 3 is 2.50 bits per heavy atom. The summed E-state index contributed by atoms with van der Waals surface area (Å²) in [6, 6.07) is 25.8. The standard InChI is InChI=1S/C34H24BrN3O6S2/c1-20-6-16-26(19-29(20)38(40)41)46(42,43)44-25-14-7-21(8-15-25)18-30-33(39)37-32(23-9-12-24(35)13-10-23)28-17-11-22-4-2-3-5-27(22)31(28)36-34(37)45-30/h2-10,12-16,18-19,32H,11,17H2,1H3/b30-18-/t32-/m0/s1. The number of benzene rings is 4. The minimum absolute atomic E-state index is 0.0309. The highest BCUT2D eigenvalue weighted by Crippen LogP contribution is 2.41. The average molecular weight is 715 g/mol. The smallest absolute Gasteiger partial charge is 0.339 e. The molecule has 0 spiro atoms. The van der Waals surface area contributed by atoms with Crippen LogP contribution >= 0.6 is 27.3 Å². The van der Waals surface area contributed by atoms with Crippen LogP contribution in [0.4, 0.5) is 5.69 Å². The number of allylic oxidation sites excluding steroid dienone is 1. The molecule has 5 aromatic rings. The van der Waals surface area contributed by atoms with Crippen molar-refractivity contribution in [1.82, 2.24) is 4.57 Å². The van der Waals surface area contributed by atoms with Crippen molar-refractivity contribution in [3.63, 3.8) is 0 Å². The zero-order chi connectivity index (χ0) is 32.2. The molecule has 0 fully saturated rings. The van der Waals surface area contributed by atoms with Gasteiger partial charge in [0.1, 0.15) is 10.6 Å². The first-order valence-electron chi connectivity index (χ1n) is 14.3. The fraction of sp³-hybridized carbons (Fsp3) is 0.118. The molecule has 230 valence electrons. The summed E-state index contributed by atoms with van der Waals surface area (Å²) in [6.45, 7) is 1.53. The molecule has 0 amide bonds. The van der Waals surface area contributed by atoms with Crippen molar-refractivity contribution in [2.45, 2.75) is 30.7 Å². The van der Waals surface area contributed by atoms with Crippen molar-refractivity contribution in [1.29, 1.82) is 0 Å². The highest BCUT2D eigenvalue weighted by Gasteiger charge is 2.32. The third-order valence-corrected chi connectivity index (χ3v) is 10.9. The Morgan fingerprint density at radius 2 is 1.76 bits per heavy atom. The van der Waals surface area contributed by atoms with E-state index in [0.717, 1.165) is 45.8 Å². The van der Waals surface area contributed by atoms with Crippen molar-refractivity contribution < 1.29 is 17.5 Å². The molecule has 1 aromatic heterocycles. The number of thiazole rings is 1.